The third-order valence-corrected chi connectivity index (χ3v) is 5.23. The molecule has 0 unspecified atom stereocenters. The Kier molecular flexibility index (Phi) is 2.55. The largest absolute Gasteiger partial charge is 0.303 e. The molecular formula is C13H20N2S. The number of hydrogen-bond acceptors (Lipinski definition) is 3. The van der Waals surface area contributed by atoms with Crippen LogP contribution in [0, 0.1) is 13.8 Å². The maximum Gasteiger partial charge on any atom is 0.113 e. The summed E-state index contributed by atoms with van der Waals surface area (Å²) in [7, 11) is 0. The molecule has 2 aliphatic carbocycles. The minimum absolute atomic E-state index is 0.241. The summed E-state index contributed by atoms with van der Waals surface area (Å²) < 4.78 is 0. The van der Waals surface area contributed by atoms with E-state index in [0.29, 0.717) is 0 Å². The molecule has 2 nitrogen and oxygen atoms in total. The van der Waals surface area contributed by atoms with Crippen molar-refractivity contribution in [1.29, 1.82) is 0 Å². The summed E-state index contributed by atoms with van der Waals surface area (Å²) in [6, 6.07) is 0.780. The van der Waals surface area contributed by atoms with Crippen LogP contribution in [0.15, 0.2) is 0 Å². The molecular weight excluding hydrogens is 216 g/mol. The molecule has 0 aromatic carbocycles. The summed E-state index contributed by atoms with van der Waals surface area (Å²) in [5.41, 5.74) is 1.47. The van der Waals surface area contributed by atoms with Gasteiger partial charge in [0.25, 0.3) is 0 Å². The summed E-state index contributed by atoms with van der Waals surface area (Å²) in [4.78, 5) is 6.19. The normalized spacial score (nSPS) is 23.9. The van der Waals surface area contributed by atoms with Crippen LogP contribution in [0.2, 0.25) is 0 Å². The number of nitrogens with one attached hydrogen (secondary N) is 1. The van der Waals surface area contributed by atoms with Crippen molar-refractivity contribution in [2.24, 2.45) is 0 Å². The molecule has 1 N–H and O–H groups in total. The van der Waals surface area contributed by atoms with Gasteiger partial charge in [-0.3, -0.25) is 0 Å². The van der Waals surface area contributed by atoms with Gasteiger partial charge in [0.05, 0.1) is 11.2 Å². The minimum atomic E-state index is 0.241. The van der Waals surface area contributed by atoms with Gasteiger partial charge in [-0.1, -0.05) is 12.8 Å². The van der Waals surface area contributed by atoms with E-state index in [-0.39, 0.29) is 5.54 Å². The quantitative estimate of drug-likeness (QED) is 0.871. The maximum atomic E-state index is 4.80. The zero-order chi connectivity index (χ0) is 11.2. The molecule has 2 saturated carbocycles. The average molecular weight is 236 g/mol. The Hall–Kier alpha value is -0.410. The summed E-state index contributed by atoms with van der Waals surface area (Å²) in [6.45, 7) is 4.32. The first-order valence-electron chi connectivity index (χ1n) is 6.42. The van der Waals surface area contributed by atoms with Crippen LogP contribution in [0.3, 0.4) is 0 Å². The highest BCUT2D eigenvalue weighted by Crippen LogP contribution is 2.43. The molecule has 1 aromatic rings. The van der Waals surface area contributed by atoms with E-state index in [2.05, 4.69) is 19.2 Å². The lowest BCUT2D eigenvalue weighted by Gasteiger charge is -2.28. The predicted molar refractivity (Wildman–Crippen MR) is 67.9 cm³/mol. The fourth-order valence-corrected chi connectivity index (χ4v) is 3.82. The molecule has 16 heavy (non-hydrogen) atoms. The van der Waals surface area contributed by atoms with Gasteiger partial charge in [-0.05, 0) is 39.5 Å². The fourth-order valence-electron chi connectivity index (χ4n) is 2.69. The SMILES string of the molecule is Cc1nc(C2(NC3CC3)CCCC2)sc1C. The highest BCUT2D eigenvalue weighted by atomic mass is 32.1. The lowest BCUT2D eigenvalue weighted by Crippen LogP contribution is -2.41. The predicted octanol–water partition coefficient (Wildman–Crippen LogP) is 3.28. The van der Waals surface area contributed by atoms with Crippen LogP contribution in [0.5, 0.6) is 0 Å². The number of aryl methyl sites for hydroxylation is 2. The van der Waals surface area contributed by atoms with Gasteiger partial charge in [0, 0.05) is 10.9 Å². The van der Waals surface area contributed by atoms with Gasteiger partial charge in [0.1, 0.15) is 5.01 Å². The Morgan fingerprint density at radius 2 is 1.94 bits per heavy atom. The minimum Gasteiger partial charge on any atom is -0.303 e. The van der Waals surface area contributed by atoms with E-state index in [9.17, 15) is 0 Å². The third-order valence-electron chi connectivity index (χ3n) is 3.95. The average Bonchev–Trinajstić information content (AvgIpc) is 2.80. The standard InChI is InChI=1S/C13H20N2S/c1-9-10(2)16-12(14-9)13(7-3-4-8-13)15-11-5-6-11/h11,15H,3-8H2,1-2H3. The van der Waals surface area contributed by atoms with Crippen molar-refractivity contribution in [3.8, 4) is 0 Å². The van der Waals surface area contributed by atoms with E-state index in [1.54, 1.807) is 0 Å². The van der Waals surface area contributed by atoms with Crippen LogP contribution >= 0.6 is 11.3 Å². The molecule has 2 fully saturated rings. The molecule has 0 aliphatic heterocycles. The highest BCUT2D eigenvalue weighted by Gasteiger charge is 2.42. The van der Waals surface area contributed by atoms with E-state index < -0.39 is 0 Å². The Balaban J connectivity index is 1.91. The van der Waals surface area contributed by atoms with Crippen LogP contribution < -0.4 is 5.32 Å². The lowest BCUT2D eigenvalue weighted by atomic mass is 9.98. The van der Waals surface area contributed by atoms with Crippen molar-refractivity contribution >= 4 is 11.3 Å². The molecule has 1 aromatic heterocycles. The topological polar surface area (TPSA) is 24.9 Å². The number of aromatic nitrogens is 1. The fraction of sp³-hybridized carbons (Fsp3) is 0.769. The van der Waals surface area contributed by atoms with Crippen LogP contribution in [-0.4, -0.2) is 11.0 Å². The molecule has 0 saturated heterocycles. The first-order chi connectivity index (χ1) is 7.70. The maximum absolute atomic E-state index is 4.80. The molecule has 3 rings (SSSR count). The van der Waals surface area contributed by atoms with E-state index in [4.69, 9.17) is 4.98 Å². The van der Waals surface area contributed by atoms with Crippen molar-refractivity contribution in [3.63, 3.8) is 0 Å². The molecule has 1 heterocycles. The summed E-state index contributed by atoms with van der Waals surface area (Å²) in [6.07, 6.45) is 8.02. The molecule has 0 spiro atoms. The number of rotatable bonds is 3. The van der Waals surface area contributed by atoms with Crippen molar-refractivity contribution in [2.75, 3.05) is 0 Å². The second kappa shape index (κ2) is 3.81. The third kappa shape index (κ3) is 1.80. The van der Waals surface area contributed by atoms with E-state index in [1.165, 1.54) is 54.1 Å². The van der Waals surface area contributed by atoms with Crippen molar-refractivity contribution in [3.05, 3.63) is 15.6 Å². The first kappa shape index (κ1) is 10.7. The Morgan fingerprint density at radius 1 is 1.25 bits per heavy atom. The van der Waals surface area contributed by atoms with Crippen molar-refractivity contribution < 1.29 is 0 Å². The van der Waals surface area contributed by atoms with Gasteiger partial charge in [-0.2, -0.15) is 0 Å². The summed E-state index contributed by atoms with van der Waals surface area (Å²) in [5.74, 6) is 0. The molecule has 0 atom stereocenters. The van der Waals surface area contributed by atoms with Gasteiger partial charge in [0.15, 0.2) is 0 Å². The monoisotopic (exact) mass is 236 g/mol. The Morgan fingerprint density at radius 3 is 2.44 bits per heavy atom. The van der Waals surface area contributed by atoms with Crippen LogP contribution in [-0.2, 0) is 5.54 Å². The van der Waals surface area contributed by atoms with E-state index in [1.807, 2.05) is 11.3 Å². The first-order valence-corrected chi connectivity index (χ1v) is 7.23. The summed E-state index contributed by atoms with van der Waals surface area (Å²) >= 11 is 1.91. The lowest BCUT2D eigenvalue weighted by molar-refractivity contribution is 0.336. The van der Waals surface area contributed by atoms with Crippen LogP contribution in [0.25, 0.3) is 0 Å². The zero-order valence-corrected chi connectivity index (χ0v) is 11.0. The van der Waals surface area contributed by atoms with Crippen molar-refractivity contribution in [2.45, 2.75) is 64.0 Å². The summed E-state index contributed by atoms with van der Waals surface area (Å²) in [5, 5.41) is 5.22. The smallest absolute Gasteiger partial charge is 0.113 e. The van der Waals surface area contributed by atoms with Gasteiger partial charge < -0.3 is 5.32 Å². The number of thiazole rings is 1. The second-order valence-corrected chi connectivity index (χ2v) is 6.57. The highest BCUT2D eigenvalue weighted by molar-refractivity contribution is 7.11. The molecule has 2 aliphatic rings. The van der Waals surface area contributed by atoms with Gasteiger partial charge >= 0.3 is 0 Å². The van der Waals surface area contributed by atoms with Crippen LogP contribution in [0.1, 0.15) is 54.1 Å². The van der Waals surface area contributed by atoms with Gasteiger partial charge in [-0.25, -0.2) is 4.98 Å². The molecule has 0 bridgehead atoms. The zero-order valence-electron chi connectivity index (χ0n) is 10.2. The van der Waals surface area contributed by atoms with E-state index in [0.717, 1.165) is 6.04 Å². The number of nitrogens with zero attached hydrogens (tertiary/aromatic N) is 1. The van der Waals surface area contributed by atoms with Gasteiger partial charge in [0.2, 0.25) is 0 Å². The Bertz CT molecular complexity index is 367. The second-order valence-electron chi connectivity index (χ2n) is 5.37. The molecule has 0 radical (unpaired) electrons. The van der Waals surface area contributed by atoms with Gasteiger partial charge in [-0.15, -0.1) is 11.3 Å². The number of hydrogen-bond donors (Lipinski definition) is 1. The Labute approximate surface area is 101 Å². The van der Waals surface area contributed by atoms with Crippen LogP contribution in [0.4, 0.5) is 0 Å². The molecule has 3 heteroatoms. The molecule has 88 valence electrons. The van der Waals surface area contributed by atoms with E-state index >= 15 is 0 Å². The van der Waals surface area contributed by atoms with Crippen molar-refractivity contribution in [1.82, 2.24) is 10.3 Å². The molecule has 0 amide bonds.